The van der Waals surface area contributed by atoms with E-state index in [1.54, 1.807) is 0 Å². The van der Waals surface area contributed by atoms with E-state index in [1.165, 1.54) is 32.1 Å². The van der Waals surface area contributed by atoms with Crippen LogP contribution in [0.1, 0.15) is 77.0 Å². The lowest BCUT2D eigenvalue weighted by Gasteiger charge is -2.61. The van der Waals surface area contributed by atoms with Crippen molar-refractivity contribution in [2.24, 2.45) is 17.8 Å². The molecule has 0 aromatic rings. The maximum Gasteiger partial charge on any atom is 0.256 e. The van der Waals surface area contributed by atoms with Gasteiger partial charge in [0.1, 0.15) is 6.17 Å². The van der Waals surface area contributed by atoms with E-state index < -0.39 is 24.2 Å². The lowest BCUT2D eigenvalue weighted by molar-refractivity contribution is -0.208. The van der Waals surface area contributed by atoms with Gasteiger partial charge >= 0.3 is 0 Å². The van der Waals surface area contributed by atoms with Crippen molar-refractivity contribution in [2.45, 2.75) is 126 Å². The van der Waals surface area contributed by atoms with Gasteiger partial charge in [-0.3, -0.25) is 9.59 Å². The molecule has 1 amide bonds. The fourth-order valence-corrected chi connectivity index (χ4v) is 9.56. The lowest BCUT2D eigenvalue weighted by atomic mass is 9.65. The molecule has 7 rings (SSSR count). The normalized spacial score (nSPS) is 44.1. The van der Waals surface area contributed by atoms with Gasteiger partial charge < -0.3 is 29.9 Å². The van der Waals surface area contributed by atoms with Gasteiger partial charge in [-0.25, -0.2) is 4.39 Å². The van der Waals surface area contributed by atoms with Crippen LogP contribution < -0.4 is 10.6 Å². The minimum atomic E-state index is -1.21. The third-order valence-corrected chi connectivity index (χ3v) is 11.8. The van der Waals surface area contributed by atoms with Crippen LogP contribution in [0.4, 0.5) is 4.39 Å². The highest BCUT2D eigenvalue weighted by Crippen LogP contribution is 2.50. The number of rotatable bonds is 7. The fraction of sp³-hybridized carbons (Fsp3) is 0.875. The van der Waals surface area contributed by atoms with E-state index in [-0.39, 0.29) is 48.0 Å². The van der Waals surface area contributed by atoms with Crippen LogP contribution in [0.3, 0.4) is 0 Å². The van der Waals surface area contributed by atoms with E-state index in [4.69, 9.17) is 9.47 Å². The van der Waals surface area contributed by atoms with Crippen LogP contribution in [-0.2, 0) is 19.1 Å². The Morgan fingerprint density at radius 1 is 1.07 bits per heavy atom. The monoisotopic (exact) mass is 572 g/mol. The molecule has 41 heavy (non-hydrogen) atoms. The molecule has 8 nitrogen and oxygen atoms in total. The molecule has 3 saturated heterocycles. The molecule has 4 heterocycles. The zero-order valence-corrected chi connectivity index (χ0v) is 24.6. The van der Waals surface area contributed by atoms with Crippen LogP contribution in [0.25, 0.3) is 0 Å². The van der Waals surface area contributed by atoms with E-state index in [0.717, 1.165) is 51.7 Å². The summed E-state index contributed by atoms with van der Waals surface area (Å²) in [6.45, 7) is 3.02. The first-order valence-electron chi connectivity index (χ1n) is 16.6. The summed E-state index contributed by atoms with van der Waals surface area (Å²) in [7, 11) is 2.14. The van der Waals surface area contributed by atoms with Crippen molar-refractivity contribution < 1.29 is 23.5 Å². The van der Waals surface area contributed by atoms with Gasteiger partial charge in [0.15, 0.2) is 5.78 Å². The van der Waals surface area contributed by atoms with Gasteiger partial charge in [0.25, 0.3) is 5.91 Å². The van der Waals surface area contributed by atoms with Gasteiger partial charge in [-0.05, 0) is 76.8 Å². The van der Waals surface area contributed by atoms with Gasteiger partial charge in [-0.15, -0.1) is 0 Å². The van der Waals surface area contributed by atoms with E-state index in [0.29, 0.717) is 31.0 Å². The Balaban J connectivity index is 1.13. The number of nitrogens with zero attached hydrogens (tertiary/aromatic N) is 2. The highest BCUT2D eigenvalue weighted by atomic mass is 19.1. The molecule has 3 aliphatic carbocycles. The van der Waals surface area contributed by atoms with E-state index in [9.17, 15) is 9.59 Å². The highest BCUT2D eigenvalue weighted by molar-refractivity contribution is 6.20. The predicted molar refractivity (Wildman–Crippen MR) is 153 cm³/mol. The molecular weight excluding hydrogens is 523 g/mol. The minimum Gasteiger partial charge on any atom is -0.377 e. The number of hydrogen-bond donors (Lipinski definition) is 2. The second-order valence-electron chi connectivity index (χ2n) is 14.1. The van der Waals surface area contributed by atoms with Crippen LogP contribution in [-0.4, -0.2) is 103 Å². The SMILES string of the molecule is CN1CCCC1CCNC(=O)C1=CN2C3CC4CCCCC4CC3OC3C(NCC4CCCO4)C(F)CC(C1=O)C32. The summed E-state index contributed by atoms with van der Waals surface area (Å²) in [5.74, 6) is 0.260. The number of hydrogen-bond acceptors (Lipinski definition) is 7. The van der Waals surface area contributed by atoms with Crippen LogP contribution in [0, 0.1) is 17.8 Å². The fourth-order valence-electron chi connectivity index (χ4n) is 9.56. The summed E-state index contributed by atoms with van der Waals surface area (Å²) in [6.07, 6.45) is 12.8. The quantitative estimate of drug-likeness (QED) is 0.454. The topological polar surface area (TPSA) is 83.1 Å². The first kappa shape index (κ1) is 28.2. The Hall–Kier alpha value is -1.55. The Morgan fingerprint density at radius 2 is 1.90 bits per heavy atom. The summed E-state index contributed by atoms with van der Waals surface area (Å²) in [4.78, 5) is 32.0. The number of halogens is 1. The number of amides is 1. The second-order valence-corrected chi connectivity index (χ2v) is 14.1. The van der Waals surface area contributed by atoms with Crippen molar-refractivity contribution in [3.63, 3.8) is 0 Å². The molecule has 7 aliphatic rings. The molecule has 0 radical (unpaired) electrons. The first-order chi connectivity index (χ1) is 20.0. The van der Waals surface area contributed by atoms with Gasteiger partial charge in [0.2, 0.25) is 0 Å². The van der Waals surface area contributed by atoms with E-state index in [2.05, 4.69) is 27.5 Å². The Kier molecular flexibility index (Phi) is 8.16. The summed E-state index contributed by atoms with van der Waals surface area (Å²) in [5, 5.41) is 6.55. The summed E-state index contributed by atoms with van der Waals surface area (Å²) >= 11 is 0. The molecule has 11 unspecified atom stereocenters. The molecule has 11 atom stereocenters. The molecule has 3 saturated carbocycles. The molecule has 6 fully saturated rings. The smallest absolute Gasteiger partial charge is 0.256 e. The number of morpholine rings is 1. The molecule has 0 aromatic carbocycles. The number of ether oxygens (including phenoxy) is 2. The molecule has 2 N–H and O–H groups in total. The van der Waals surface area contributed by atoms with Crippen molar-refractivity contribution in [3.05, 3.63) is 11.8 Å². The number of Topliss-reactive ketones (excluding diaryl/α,β-unsaturated/α-hetero) is 1. The molecule has 0 bridgehead atoms. The Bertz CT molecular complexity index is 1020. The second kappa shape index (κ2) is 11.9. The van der Waals surface area contributed by atoms with Gasteiger partial charge in [0.05, 0.1) is 42.0 Å². The molecular formula is C32H49FN4O4. The molecule has 0 spiro atoms. The molecule has 4 aliphatic heterocycles. The number of carbonyl (C=O) groups is 2. The summed E-state index contributed by atoms with van der Waals surface area (Å²) < 4.78 is 28.7. The zero-order valence-electron chi connectivity index (χ0n) is 24.6. The van der Waals surface area contributed by atoms with Gasteiger partial charge in [-0.2, -0.15) is 0 Å². The molecule has 0 aromatic heterocycles. The average Bonchev–Trinajstić information content (AvgIpc) is 3.64. The van der Waals surface area contributed by atoms with Crippen molar-refractivity contribution in [1.82, 2.24) is 20.4 Å². The van der Waals surface area contributed by atoms with Crippen molar-refractivity contribution in [1.29, 1.82) is 0 Å². The number of fused-ring (bicyclic) bond motifs is 3. The average molecular weight is 573 g/mol. The van der Waals surface area contributed by atoms with Crippen molar-refractivity contribution in [2.75, 3.05) is 33.3 Å². The van der Waals surface area contributed by atoms with E-state index >= 15 is 4.39 Å². The minimum absolute atomic E-state index is 0.000229. The van der Waals surface area contributed by atoms with Crippen molar-refractivity contribution >= 4 is 11.7 Å². The Labute approximate surface area is 244 Å². The summed E-state index contributed by atoms with van der Waals surface area (Å²) in [6, 6.07) is -0.0995. The number of carbonyl (C=O) groups excluding carboxylic acids is 2. The van der Waals surface area contributed by atoms with Crippen molar-refractivity contribution in [3.8, 4) is 0 Å². The van der Waals surface area contributed by atoms with Crippen LogP contribution in [0.15, 0.2) is 11.8 Å². The maximum absolute atomic E-state index is 16.0. The molecule has 228 valence electrons. The number of nitrogens with one attached hydrogen (secondary N) is 2. The van der Waals surface area contributed by atoms with E-state index in [1.807, 2.05) is 6.20 Å². The van der Waals surface area contributed by atoms with Gasteiger partial charge in [-0.1, -0.05) is 25.7 Å². The lowest BCUT2D eigenvalue weighted by Crippen LogP contribution is -2.73. The zero-order chi connectivity index (χ0) is 28.1. The first-order valence-corrected chi connectivity index (χ1v) is 16.6. The number of alkyl halides is 1. The predicted octanol–water partition coefficient (Wildman–Crippen LogP) is 2.96. The maximum atomic E-state index is 16.0. The van der Waals surface area contributed by atoms with Crippen LogP contribution >= 0.6 is 0 Å². The number of ketones is 1. The largest absolute Gasteiger partial charge is 0.377 e. The highest BCUT2D eigenvalue weighted by Gasteiger charge is 2.59. The third kappa shape index (κ3) is 5.38. The Morgan fingerprint density at radius 3 is 2.66 bits per heavy atom. The standard InChI is InChI=1S/C32H49FN4O4/c1-36-12-4-8-21(36)10-11-34-32(39)24-18-37-26-14-19-6-2-3-7-20(19)15-27(26)41-31-28(35-17-22-9-5-13-40-22)25(33)16-23(29(31)37)30(24)38/h18-23,25-29,31,35H,2-17H2,1H3,(H,34,39). The third-order valence-electron chi connectivity index (χ3n) is 11.8. The number of likely N-dealkylation sites (tertiary alicyclic amines) is 1. The van der Waals surface area contributed by atoms with Crippen LogP contribution in [0.2, 0.25) is 0 Å². The molecule has 9 heteroatoms. The van der Waals surface area contributed by atoms with Crippen LogP contribution in [0.5, 0.6) is 0 Å². The van der Waals surface area contributed by atoms with Gasteiger partial charge in [0, 0.05) is 37.9 Å². The summed E-state index contributed by atoms with van der Waals surface area (Å²) in [5.41, 5.74) is 0.217.